The molecule has 1 aromatic rings. The van der Waals surface area contributed by atoms with Gasteiger partial charge in [-0.1, -0.05) is 6.08 Å². The van der Waals surface area contributed by atoms with Gasteiger partial charge in [-0.15, -0.1) is 0 Å². The summed E-state index contributed by atoms with van der Waals surface area (Å²) in [6, 6.07) is 6.67. The van der Waals surface area contributed by atoms with Crippen molar-refractivity contribution in [3.05, 3.63) is 35.9 Å². The molecule has 0 bridgehead atoms. The van der Waals surface area contributed by atoms with Crippen molar-refractivity contribution in [1.29, 1.82) is 0 Å². The molecular weight excluding hydrogens is 283 g/mol. The van der Waals surface area contributed by atoms with E-state index in [0.29, 0.717) is 11.4 Å². The number of benzene rings is 1. The van der Waals surface area contributed by atoms with Crippen molar-refractivity contribution in [1.82, 2.24) is 4.90 Å². The van der Waals surface area contributed by atoms with E-state index in [1.165, 1.54) is 0 Å². The number of alkyl halides is 3. The molecule has 0 saturated carbocycles. The number of hydrogen-bond acceptors (Lipinski definition) is 3. The van der Waals surface area contributed by atoms with E-state index >= 15 is 0 Å². The van der Waals surface area contributed by atoms with Crippen LogP contribution in [-0.2, 0) is 4.79 Å². The highest BCUT2D eigenvalue weighted by Gasteiger charge is 2.34. The number of amides is 1. The molecule has 1 aromatic carbocycles. The quantitative estimate of drug-likeness (QED) is 0.665. The zero-order chi connectivity index (χ0) is 15.5. The summed E-state index contributed by atoms with van der Waals surface area (Å²) in [6.45, 7) is 0.413. The van der Waals surface area contributed by atoms with E-state index in [1.807, 2.05) is 0 Å². The second-order valence-electron chi connectivity index (χ2n) is 4.88. The number of nitrogens with one attached hydrogen (secondary N) is 1. The molecule has 1 heterocycles. The van der Waals surface area contributed by atoms with Gasteiger partial charge in [0.15, 0.2) is 0 Å². The minimum atomic E-state index is -4.27. The highest BCUT2D eigenvalue weighted by atomic mass is 19.4. The van der Waals surface area contributed by atoms with Crippen LogP contribution in [0.4, 0.5) is 24.5 Å². The fraction of sp³-hybridized carbons (Fsp3) is 0.357. The molecule has 0 fully saturated rings. The van der Waals surface area contributed by atoms with Crippen LogP contribution in [0.5, 0.6) is 0 Å². The Labute approximate surface area is 120 Å². The molecule has 1 aliphatic heterocycles. The maximum Gasteiger partial charge on any atom is 0.412 e. The second-order valence-corrected chi connectivity index (χ2v) is 4.88. The predicted molar refractivity (Wildman–Crippen MR) is 74.7 cm³/mol. The van der Waals surface area contributed by atoms with Crippen molar-refractivity contribution < 1.29 is 18.0 Å². The van der Waals surface area contributed by atoms with Gasteiger partial charge < -0.3 is 11.1 Å². The van der Waals surface area contributed by atoms with E-state index in [9.17, 15) is 18.0 Å². The van der Waals surface area contributed by atoms with Crippen LogP contribution in [0.15, 0.2) is 35.9 Å². The maximum absolute atomic E-state index is 12.5. The molecule has 21 heavy (non-hydrogen) atoms. The van der Waals surface area contributed by atoms with E-state index in [0.717, 1.165) is 6.08 Å². The Balaban J connectivity index is 1.84. The Kier molecular flexibility index (Phi) is 4.52. The molecule has 0 aliphatic carbocycles. The largest absolute Gasteiger partial charge is 0.412 e. The summed E-state index contributed by atoms with van der Waals surface area (Å²) in [6.07, 6.45) is -3.21. The lowest BCUT2D eigenvalue weighted by Gasteiger charge is -2.26. The molecular formula is C14H16F3N3O. The van der Waals surface area contributed by atoms with Gasteiger partial charge in [0, 0.05) is 30.0 Å². The lowest BCUT2D eigenvalue weighted by Crippen LogP contribution is -2.37. The van der Waals surface area contributed by atoms with Gasteiger partial charge >= 0.3 is 6.18 Å². The highest BCUT2D eigenvalue weighted by Crippen LogP contribution is 2.29. The summed E-state index contributed by atoms with van der Waals surface area (Å²) in [5.41, 5.74) is 6.22. The third kappa shape index (κ3) is 4.49. The monoisotopic (exact) mass is 299 g/mol. The van der Waals surface area contributed by atoms with Gasteiger partial charge in [-0.25, -0.2) is 0 Å². The summed E-state index contributed by atoms with van der Waals surface area (Å²) in [4.78, 5) is 13.5. The number of carbonyl (C=O) groups is 1. The van der Waals surface area contributed by atoms with Gasteiger partial charge in [-0.3, -0.25) is 9.69 Å². The molecule has 0 aromatic heterocycles. The van der Waals surface area contributed by atoms with Gasteiger partial charge in [0.25, 0.3) is 0 Å². The van der Waals surface area contributed by atoms with Gasteiger partial charge in [0.05, 0.1) is 6.54 Å². The Bertz CT molecular complexity index is 537. The minimum absolute atomic E-state index is 0.0615. The SMILES string of the molecule is Nc1ccc(NC(=O)CN2CC=C(C(F)(F)F)CC2)cc1. The van der Waals surface area contributed by atoms with E-state index in [4.69, 9.17) is 5.73 Å². The van der Waals surface area contributed by atoms with Crippen LogP contribution in [-0.4, -0.2) is 36.6 Å². The average molecular weight is 299 g/mol. The summed E-state index contributed by atoms with van der Waals surface area (Å²) >= 11 is 0. The van der Waals surface area contributed by atoms with Crippen molar-refractivity contribution in [2.24, 2.45) is 0 Å². The third-order valence-electron chi connectivity index (χ3n) is 3.22. The maximum atomic E-state index is 12.5. The van der Waals surface area contributed by atoms with Gasteiger partial charge in [-0.2, -0.15) is 13.2 Å². The molecule has 114 valence electrons. The van der Waals surface area contributed by atoms with Gasteiger partial charge in [-0.05, 0) is 30.7 Å². The zero-order valence-corrected chi connectivity index (χ0v) is 11.3. The number of hydrogen-bond donors (Lipinski definition) is 2. The molecule has 0 unspecified atom stereocenters. The first kappa shape index (κ1) is 15.4. The smallest absolute Gasteiger partial charge is 0.399 e. The minimum Gasteiger partial charge on any atom is -0.399 e. The molecule has 0 radical (unpaired) electrons. The Hall–Kier alpha value is -2.02. The summed E-state index contributed by atoms with van der Waals surface area (Å²) in [7, 11) is 0. The fourth-order valence-electron chi connectivity index (χ4n) is 2.08. The van der Waals surface area contributed by atoms with E-state index in [-0.39, 0.29) is 32.0 Å². The van der Waals surface area contributed by atoms with Gasteiger partial charge in [0.1, 0.15) is 0 Å². The van der Waals surface area contributed by atoms with Crippen molar-refractivity contribution in [2.75, 3.05) is 30.7 Å². The fourth-order valence-corrected chi connectivity index (χ4v) is 2.08. The number of anilines is 2. The molecule has 2 rings (SSSR count). The van der Waals surface area contributed by atoms with Crippen LogP contribution in [0.2, 0.25) is 0 Å². The Morgan fingerprint density at radius 3 is 2.48 bits per heavy atom. The molecule has 0 spiro atoms. The number of rotatable bonds is 3. The first-order valence-corrected chi connectivity index (χ1v) is 6.48. The molecule has 1 amide bonds. The molecule has 1 aliphatic rings. The third-order valence-corrected chi connectivity index (χ3v) is 3.22. The number of halogens is 3. The van der Waals surface area contributed by atoms with Crippen molar-refractivity contribution in [2.45, 2.75) is 12.6 Å². The Morgan fingerprint density at radius 2 is 1.95 bits per heavy atom. The second kappa shape index (κ2) is 6.17. The predicted octanol–water partition coefficient (Wildman–Crippen LogP) is 2.40. The molecule has 0 saturated heterocycles. The molecule has 4 nitrogen and oxygen atoms in total. The lowest BCUT2D eigenvalue weighted by molar-refractivity contribution is -0.117. The standard InChI is InChI=1S/C14H16F3N3O/c15-14(16,17)10-5-7-20(8-6-10)9-13(21)19-12-3-1-11(18)2-4-12/h1-5H,6-9,18H2,(H,19,21). The van der Waals surface area contributed by atoms with Gasteiger partial charge in [0.2, 0.25) is 5.91 Å². The first-order valence-electron chi connectivity index (χ1n) is 6.48. The zero-order valence-electron chi connectivity index (χ0n) is 11.3. The normalized spacial score (nSPS) is 16.4. The van der Waals surface area contributed by atoms with Crippen molar-refractivity contribution in [3.8, 4) is 0 Å². The molecule has 7 heteroatoms. The van der Waals surface area contributed by atoms with E-state index in [2.05, 4.69) is 5.32 Å². The van der Waals surface area contributed by atoms with E-state index < -0.39 is 11.7 Å². The number of nitrogens with zero attached hydrogens (tertiary/aromatic N) is 1. The van der Waals surface area contributed by atoms with Crippen LogP contribution >= 0.6 is 0 Å². The average Bonchev–Trinajstić information content (AvgIpc) is 2.41. The number of nitrogens with two attached hydrogens (primary N) is 1. The summed E-state index contributed by atoms with van der Waals surface area (Å²) in [5, 5.41) is 2.68. The first-order chi connectivity index (χ1) is 9.84. The lowest BCUT2D eigenvalue weighted by atomic mass is 10.1. The highest BCUT2D eigenvalue weighted by molar-refractivity contribution is 5.92. The van der Waals surface area contributed by atoms with Crippen LogP contribution in [0.25, 0.3) is 0 Å². The van der Waals surface area contributed by atoms with E-state index in [1.54, 1.807) is 29.2 Å². The van der Waals surface area contributed by atoms with Crippen molar-refractivity contribution in [3.63, 3.8) is 0 Å². The van der Waals surface area contributed by atoms with Crippen LogP contribution in [0.3, 0.4) is 0 Å². The van der Waals surface area contributed by atoms with Crippen LogP contribution in [0.1, 0.15) is 6.42 Å². The summed E-state index contributed by atoms with van der Waals surface area (Å²) in [5.74, 6) is -0.261. The molecule has 3 N–H and O–H groups in total. The summed E-state index contributed by atoms with van der Waals surface area (Å²) < 4.78 is 37.4. The van der Waals surface area contributed by atoms with Crippen LogP contribution in [0, 0.1) is 0 Å². The topological polar surface area (TPSA) is 58.4 Å². The Morgan fingerprint density at radius 1 is 1.29 bits per heavy atom. The van der Waals surface area contributed by atoms with Crippen LogP contribution < -0.4 is 11.1 Å². The number of nitrogen functional groups attached to an aromatic ring is 1. The number of carbonyl (C=O) groups excluding carboxylic acids is 1. The molecule has 0 atom stereocenters. The van der Waals surface area contributed by atoms with Crippen molar-refractivity contribution >= 4 is 17.3 Å².